The van der Waals surface area contributed by atoms with E-state index in [2.05, 4.69) is 34.9 Å². The van der Waals surface area contributed by atoms with Crippen molar-refractivity contribution in [1.29, 1.82) is 0 Å². The smallest absolute Gasteiger partial charge is 0.407 e. The molecule has 0 aliphatic heterocycles. The first kappa shape index (κ1) is 24.8. The van der Waals surface area contributed by atoms with Gasteiger partial charge in [-0.05, 0) is 47.4 Å². The molecule has 0 bridgehead atoms. The van der Waals surface area contributed by atoms with E-state index in [4.69, 9.17) is 4.74 Å². The molecular formula is C28H34N2O5. The minimum absolute atomic E-state index is 0.0618. The number of rotatable bonds is 9. The van der Waals surface area contributed by atoms with Crippen molar-refractivity contribution in [3.8, 4) is 11.1 Å². The predicted molar refractivity (Wildman–Crippen MR) is 133 cm³/mol. The quantitative estimate of drug-likeness (QED) is 0.478. The van der Waals surface area contributed by atoms with Crippen LogP contribution in [0.1, 0.15) is 68.9 Å². The average molecular weight is 479 g/mol. The Morgan fingerprint density at radius 2 is 1.54 bits per heavy atom. The molecule has 1 saturated carbocycles. The maximum absolute atomic E-state index is 13.0. The van der Waals surface area contributed by atoms with Gasteiger partial charge in [-0.15, -0.1) is 0 Å². The summed E-state index contributed by atoms with van der Waals surface area (Å²) >= 11 is 0. The molecule has 2 aliphatic carbocycles. The Morgan fingerprint density at radius 1 is 0.943 bits per heavy atom. The van der Waals surface area contributed by atoms with Crippen molar-refractivity contribution < 1.29 is 24.2 Å². The minimum atomic E-state index is -0.932. The van der Waals surface area contributed by atoms with Crippen LogP contribution < -0.4 is 10.6 Å². The number of carbonyl (C=O) groups is 3. The first-order chi connectivity index (χ1) is 17.0. The van der Waals surface area contributed by atoms with Crippen molar-refractivity contribution in [3.05, 3.63) is 59.7 Å². The highest BCUT2D eigenvalue weighted by Crippen LogP contribution is 2.44. The van der Waals surface area contributed by atoms with E-state index in [1.807, 2.05) is 24.3 Å². The van der Waals surface area contributed by atoms with E-state index in [1.54, 1.807) is 6.92 Å². The van der Waals surface area contributed by atoms with E-state index in [0.717, 1.165) is 54.4 Å². The molecule has 2 aromatic rings. The Labute approximate surface area is 206 Å². The van der Waals surface area contributed by atoms with Crippen molar-refractivity contribution >= 4 is 18.0 Å². The Kier molecular flexibility index (Phi) is 8.06. The molecule has 4 rings (SSSR count). The average Bonchev–Trinajstić information content (AvgIpc) is 3.19. The summed E-state index contributed by atoms with van der Waals surface area (Å²) in [6.07, 6.45) is 4.67. The molecule has 2 aromatic carbocycles. The third-order valence-electron chi connectivity index (χ3n) is 7.30. The van der Waals surface area contributed by atoms with Gasteiger partial charge in [0.1, 0.15) is 12.6 Å². The van der Waals surface area contributed by atoms with Gasteiger partial charge < -0.3 is 20.5 Å². The number of ether oxygens (including phenoxy) is 1. The molecule has 7 nitrogen and oxygen atoms in total. The SMILES string of the molecule is CC[C@@H](NC(=O)OCC1c2ccccc2-c2ccccc21)C(=O)NC(CC(=O)O)C1CCCCC1. The lowest BCUT2D eigenvalue weighted by Gasteiger charge is -2.31. The molecule has 0 radical (unpaired) electrons. The van der Waals surface area contributed by atoms with Crippen molar-refractivity contribution in [2.45, 2.75) is 69.9 Å². The molecular weight excluding hydrogens is 444 g/mol. The van der Waals surface area contributed by atoms with Gasteiger partial charge in [-0.1, -0.05) is 74.7 Å². The normalized spacial score (nSPS) is 17.1. The van der Waals surface area contributed by atoms with Gasteiger partial charge in [0.2, 0.25) is 5.91 Å². The summed E-state index contributed by atoms with van der Waals surface area (Å²) in [5, 5.41) is 14.9. The number of aliphatic carboxylic acids is 1. The van der Waals surface area contributed by atoms with Gasteiger partial charge in [0.15, 0.2) is 0 Å². The number of fused-ring (bicyclic) bond motifs is 3. The third-order valence-corrected chi connectivity index (χ3v) is 7.30. The van der Waals surface area contributed by atoms with Gasteiger partial charge in [-0.2, -0.15) is 0 Å². The molecule has 1 fully saturated rings. The first-order valence-electron chi connectivity index (χ1n) is 12.6. The fraction of sp³-hybridized carbons (Fsp3) is 0.464. The van der Waals surface area contributed by atoms with E-state index in [-0.39, 0.29) is 30.8 Å². The summed E-state index contributed by atoms with van der Waals surface area (Å²) in [5.41, 5.74) is 4.54. The van der Waals surface area contributed by atoms with E-state index in [9.17, 15) is 19.5 Å². The van der Waals surface area contributed by atoms with Crippen molar-refractivity contribution in [3.63, 3.8) is 0 Å². The summed E-state index contributed by atoms with van der Waals surface area (Å²) < 4.78 is 5.58. The van der Waals surface area contributed by atoms with Crippen LogP contribution in [0.4, 0.5) is 4.79 Å². The summed E-state index contributed by atoms with van der Waals surface area (Å²) in [7, 11) is 0. The number of amides is 2. The molecule has 2 aliphatic rings. The second-order valence-electron chi connectivity index (χ2n) is 9.54. The summed E-state index contributed by atoms with van der Waals surface area (Å²) in [5.74, 6) is -1.21. The van der Waals surface area contributed by atoms with E-state index in [0.29, 0.717) is 6.42 Å². The second-order valence-corrected chi connectivity index (χ2v) is 9.54. The van der Waals surface area contributed by atoms with Crippen LogP contribution in [0.15, 0.2) is 48.5 Å². The Bertz CT molecular complexity index is 1020. The predicted octanol–water partition coefficient (Wildman–Crippen LogP) is 4.84. The number of hydrogen-bond donors (Lipinski definition) is 3. The first-order valence-corrected chi connectivity index (χ1v) is 12.6. The second kappa shape index (κ2) is 11.4. The van der Waals surface area contributed by atoms with Crippen LogP contribution in [-0.4, -0.2) is 41.8 Å². The van der Waals surface area contributed by atoms with Crippen LogP contribution in [0.3, 0.4) is 0 Å². The zero-order valence-electron chi connectivity index (χ0n) is 20.2. The number of carboxylic acids is 1. The lowest BCUT2D eigenvalue weighted by molar-refractivity contribution is -0.138. The number of alkyl carbamates (subject to hydrolysis) is 1. The maximum atomic E-state index is 13.0. The zero-order valence-corrected chi connectivity index (χ0v) is 20.2. The summed E-state index contributed by atoms with van der Waals surface area (Å²) in [6, 6.07) is 15.0. The van der Waals surface area contributed by atoms with Gasteiger partial charge in [0.05, 0.1) is 6.42 Å². The molecule has 0 saturated heterocycles. The molecule has 0 spiro atoms. The van der Waals surface area contributed by atoms with E-state index < -0.39 is 24.1 Å². The molecule has 3 N–H and O–H groups in total. The van der Waals surface area contributed by atoms with E-state index >= 15 is 0 Å². The third kappa shape index (κ3) is 5.84. The molecule has 1 unspecified atom stereocenters. The van der Waals surface area contributed by atoms with Crippen LogP contribution in [0.5, 0.6) is 0 Å². The maximum Gasteiger partial charge on any atom is 0.407 e. The van der Waals surface area contributed by atoms with Gasteiger partial charge in [-0.25, -0.2) is 4.79 Å². The Balaban J connectivity index is 1.36. The topological polar surface area (TPSA) is 105 Å². The highest BCUT2D eigenvalue weighted by Gasteiger charge is 2.31. The lowest BCUT2D eigenvalue weighted by atomic mass is 9.82. The zero-order chi connectivity index (χ0) is 24.8. The highest BCUT2D eigenvalue weighted by atomic mass is 16.5. The number of nitrogens with one attached hydrogen (secondary N) is 2. The molecule has 35 heavy (non-hydrogen) atoms. The van der Waals surface area contributed by atoms with Crippen molar-refractivity contribution in [1.82, 2.24) is 10.6 Å². The van der Waals surface area contributed by atoms with Crippen molar-refractivity contribution in [2.75, 3.05) is 6.61 Å². The van der Waals surface area contributed by atoms with Crippen LogP contribution in [0.25, 0.3) is 11.1 Å². The fourth-order valence-electron chi connectivity index (χ4n) is 5.48. The van der Waals surface area contributed by atoms with Crippen molar-refractivity contribution in [2.24, 2.45) is 5.92 Å². The molecule has 186 valence electrons. The Hall–Kier alpha value is -3.35. The lowest BCUT2D eigenvalue weighted by Crippen LogP contribution is -2.52. The highest BCUT2D eigenvalue weighted by molar-refractivity contribution is 5.86. The number of carboxylic acid groups (broad SMARTS) is 1. The van der Waals surface area contributed by atoms with Gasteiger partial charge in [-0.3, -0.25) is 9.59 Å². The number of benzene rings is 2. The van der Waals surface area contributed by atoms with Gasteiger partial charge >= 0.3 is 12.1 Å². The van der Waals surface area contributed by atoms with Gasteiger partial charge in [0.25, 0.3) is 0 Å². The van der Waals surface area contributed by atoms with Crippen LogP contribution in [0.2, 0.25) is 0 Å². The number of hydrogen-bond acceptors (Lipinski definition) is 4. The molecule has 7 heteroatoms. The summed E-state index contributed by atoms with van der Waals surface area (Å²) in [4.78, 5) is 37.0. The van der Waals surface area contributed by atoms with Crippen LogP contribution in [-0.2, 0) is 14.3 Å². The standard InChI is InChI=1S/C28H34N2O5/c1-2-24(27(33)29-25(16-26(31)32)18-10-4-3-5-11-18)30-28(34)35-17-23-21-14-8-6-12-19(21)20-13-7-9-15-22(20)23/h6-9,12-15,18,23-25H,2-5,10-11,16-17H2,1H3,(H,29,33)(H,30,34)(H,31,32)/t24-,25?/m1/s1. The monoisotopic (exact) mass is 478 g/mol. The van der Waals surface area contributed by atoms with E-state index in [1.165, 1.54) is 0 Å². The minimum Gasteiger partial charge on any atom is -0.481 e. The van der Waals surface area contributed by atoms with Gasteiger partial charge in [0, 0.05) is 12.0 Å². The molecule has 2 atom stereocenters. The van der Waals surface area contributed by atoms with Crippen LogP contribution >= 0.6 is 0 Å². The Morgan fingerprint density at radius 3 is 2.11 bits per heavy atom. The molecule has 2 amide bonds. The summed E-state index contributed by atoms with van der Waals surface area (Å²) in [6.45, 7) is 1.97. The van der Waals surface area contributed by atoms with Crippen LogP contribution in [0, 0.1) is 5.92 Å². The number of carbonyl (C=O) groups excluding carboxylic acids is 2. The molecule has 0 aromatic heterocycles. The fourth-order valence-corrected chi connectivity index (χ4v) is 5.48. The molecule has 0 heterocycles. The largest absolute Gasteiger partial charge is 0.481 e.